The van der Waals surface area contributed by atoms with E-state index in [4.69, 9.17) is 5.26 Å². The molecule has 0 bridgehead atoms. The summed E-state index contributed by atoms with van der Waals surface area (Å²) in [6.45, 7) is 2.33. The van der Waals surface area contributed by atoms with Gasteiger partial charge in [-0.05, 0) is 12.5 Å². The number of ketones is 1. The van der Waals surface area contributed by atoms with E-state index in [0.29, 0.717) is 5.70 Å². The van der Waals surface area contributed by atoms with Gasteiger partial charge in [0.2, 0.25) is 0 Å². The topological polar surface area (TPSA) is 44.1 Å². The van der Waals surface area contributed by atoms with E-state index in [-0.39, 0.29) is 11.7 Å². The van der Waals surface area contributed by atoms with Crippen LogP contribution in [-0.4, -0.2) is 24.3 Å². The molecule has 0 amide bonds. The zero-order chi connectivity index (χ0) is 9.14. The van der Waals surface area contributed by atoms with E-state index in [2.05, 4.69) is 6.07 Å². The number of allylic oxidation sites excluding steroid dienone is 2. The third-order valence-electron chi connectivity index (χ3n) is 2.07. The Morgan fingerprint density at radius 1 is 1.83 bits per heavy atom. The normalized spacial score (nSPS) is 22.9. The highest BCUT2D eigenvalue weighted by atomic mass is 16.1. The van der Waals surface area contributed by atoms with Crippen LogP contribution < -0.4 is 0 Å². The molecule has 0 saturated heterocycles. The lowest BCUT2D eigenvalue weighted by Gasteiger charge is -2.26. The molecule has 12 heavy (non-hydrogen) atoms. The van der Waals surface area contributed by atoms with Crippen molar-refractivity contribution < 1.29 is 4.79 Å². The number of Topliss-reactive ketones (excluding diaryl/α,β-unsaturated/α-hetero) is 1. The summed E-state index contributed by atoms with van der Waals surface area (Å²) in [6.07, 6.45) is 2.58. The van der Waals surface area contributed by atoms with Crippen LogP contribution in [0, 0.1) is 17.2 Å². The number of hydrogen-bond donors (Lipinski definition) is 0. The Hall–Kier alpha value is -1.30. The molecule has 1 heterocycles. The number of nitrogens with zero attached hydrogens (tertiary/aromatic N) is 2. The molecule has 1 rings (SSSR count). The number of carbonyl (C=O) groups is 1. The van der Waals surface area contributed by atoms with Gasteiger partial charge in [0.05, 0.1) is 17.7 Å². The summed E-state index contributed by atoms with van der Waals surface area (Å²) in [4.78, 5) is 13.0. The fourth-order valence-electron chi connectivity index (χ4n) is 1.34. The predicted octanol–water partition coefficient (Wildman–Crippen LogP) is 0.935. The Morgan fingerprint density at radius 3 is 3.00 bits per heavy atom. The van der Waals surface area contributed by atoms with Crippen LogP contribution in [0.4, 0.5) is 0 Å². The van der Waals surface area contributed by atoms with Gasteiger partial charge in [-0.15, -0.1) is 0 Å². The van der Waals surface area contributed by atoms with Gasteiger partial charge in [-0.1, -0.05) is 0 Å². The molecule has 1 aliphatic rings. The minimum absolute atomic E-state index is 0.0393. The molecular formula is C9H12N2O. The van der Waals surface area contributed by atoms with Gasteiger partial charge in [-0.25, -0.2) is 0 Å². The Balaban J connectivity index is 2.86. The molecule has 0 spiro atoms. The minimum Gasteiger partial charge on any atom is -0.372 e. The van der Waals surface area contributed by atoms with Crippen LogP contribution in [0.2, 0.25) is 0 Å². The van der Waals surface area contributed by atoms with Gasteiger partial charge in [0.1, 0.15) is 0 Å². The van der Waals surface area contributed by atoms with Crippen LogP contribution in [0.3, 0.4) is 0 Å². The number of hydrogen-bond acceptors (Lipinski definition) is 3. The number of rotatable bonds is 1. The molecule has 0 aliphatic carbocycles. The highest BCUT2D eigenvalue weighted by Crippen LogP contribution is 2.18. The van der Waals surface area contributed by atoms with Gasteiger partial charge in [-0.3, -0.25) is 4.79 Å². The van der Waals surface area contributed by atoms with E-state index >= 15 is 0 Å². The summed E-state index contributed by atoms with van der Waals surface area (Å²) in [5.41, 5.74) is 0.674. The molecule has 0 saturated carbocycles. The van der Waals surface area contributed by atoms with Crippen LogP contribution in [0.1, 0.15) is 13.3 Å². The van der Waals surface area contributed by atoms with Crippen molar-refractivity contribution in [3.05, 3.63) is 11.8 Å². The van der Waals surface area contributed by atoms with Crippen LogP contribution in [0.5, 0.6) is 0 Å². The molecule has 1 aliphatic heterocycles. The Kier molecular flexibility index (Phi) is 2.49. The first-order valence-electron chi connectivity index (χ1n) is 3.98. The Bertz CT molecular complexity index is 262. The monoisotopic (exact) mass is 164 g/mol. The highest BCUT2D eigenvalue weighted by Gasteiger charge is 2.19. The summed E-state index contributed by atoms with van der Waals surface area (Å²) in [5, 5.41) is 8.65. The summed E-state index contributed by atoms with van der Waals surface area (Å²) >= 11 is 0. The molecule has 0 N–H and O–H groups in total. The van der Waals surface area contributed by atoms with Gasteiger partial charge in [-0.2, -0.15) is 5.26 Å². The first-order valence-corrected chi connectivity index (χ1v) is 3.98. The van der Waals surface area contributed by atoms with Gasteiger partial charge < -0.3 is 4.90 Å². The number of carbonyl (C=O) groups excluding carboxylic acids is 1. The Morgan fingerprint density at radius 2 is 2.50 bits per heavy atom. The van der Waals surface area contributed by atoms with Crippen molar-refractivity contribution in [3.63, 3.8) is 0 Å². The standard InChI is InChI=1S/C9H12N2O/c1-7(12)9-5-8(6-10)3-4-11(9)2/h5,8H,3-4H2,1-2H3. The lowest BCUT2D eigenvalue weighted by Crippen LogP contribution is -2.29. The van der Waals surface area contributed by atoms with Crippen molar-refractivity contribution in [2.45, 2.75) is 13.3 Å². The molecule has 3 nitrogen and oxygen atoms in total. The quantitative estimate of drug-likeness (QED) is 0.579. The van der Waals surface area contributed by atoms with Gasteiger partial charge in [0.15, 0.2) is 5.78 Å². The zero-order valence-corrected chi connectivity index (χ0v) is 7.37. The molecule has 0 radical (unpaired) electrons. The third kappa shape index (κ3) is 1.65. The lowest BCUT2D eigenvalue weighted by atomic mass is 10.00. The zero-order valence-electron chi connectivity index (χ0n) is 7.37. The second-order valence-corrected chi connectivity index (χ2v) is 3.05. The first kappa shape index (κ1) is 8.79. The summed E-state index contributed by atoms with van der Waals surface area (Å²) in [7, 11) is 1.88. The maximum absolute atomic E-state index is 11.1. The fraction of sp³-hybridized carbons (Fsp3) is 0.556. The Labute approximate surface area is 72.3 Å². The van der Waals surface area contributed by atoms with Crippen LogP contribution in [0.25, 0.3) is 0 Å². The van der Waals surface area contributed by atoms with Crippen LogP contribution in [-0.2, 0) is 4.79 Å². The van der Waals surface area contributed by atoms with E-state index in [1.165, 1.54) is 6.92 Å². The molecule has 64 valence electrons. The van der Waals surface area contributed by atoms with Crippen molar-refractivity contribution in [2.24, 2.45) is 5.92 Å². The summed E-state index contributed by atoms with van der Waals surface area (Å²) in [6, 6.07) is 2.15. The van der Waals surface area contributed by atoms with Gasteiger partial charge in [0, 0.05) is 20.5 Å². The SMILES string of the molecule is CC(=O)C1=CC(C#N)CCN1C. The minimum atomic E-state index is -0.0832. The van der Waals surface area contributed by atoms with Gasteiger partial charge in [0.25, 0.3) is 0 Å². The summed E-state index contributed by atoms with van der Waals surface area (Å²) in [5.74, 6) is -0.0439. The van der Waals surface area contributed by atoms with E-state index in [1.54, 1.807) is 6.08 Å². The fourth-order valence-corrected chi connectivity index (χ4v) is 1.34. The average Bonchev–Trinajstić information content (AvgIpc) is 2.05. The van der Waals surface area contributed by atoms with Crippen molar-refractivity contribution in [1.29, 1.82) is 5.26 Å². The maximum atomic E-state index is 11.1. The van der Waals surface area contributed by atoms with Gasteiger partial charge >= 0.3 is 0 Å². The van der Waals surface area contributed by atoms with E-state index in [1.807, 2.05) is 11.9 Å². The van der Waals surface area contributed by atoms with Crippen molar-refractivity contribution in [3.8, 4) is 6.07 Å². The van der Waals surface area contributed by atoms with Crippen molar-refractivity contribution >= 4 is 5.78 Å². The molecule has 0 fully saturated rings. The van der Waals surface area contributed by atoms with Crippen molar-refractivity contribution in [1.82, 2.24) is 4.90 Å². The van der Waals surface area contributed by atoms with E-state index < -0.39 is 0 Å². The number of nitriles is 1. The van der Waals surface area contributed by atoms with Crippen LogP contribution in [0.15, 0.2) is 11.8 Å². The maximum Gasteiger partial charge on any atom is 0.175 e. The molecule has 3 heteroatoms. The van der Waals surface area contributed by atoms with E-state index in [0.717, 1.165) is 13.0 Å². The van der Waals surface area contributed by atoms with Crippen LogP contribution >= 0.6 is 0 Å². The predicted molar refractivity (Wildman–Crippen MR) is 45.1 cm³/mol. The number of likely N-dealkylation sites (N-methyl/N-ethyl adjacent to an activating group) is 1. The molecule has 0 aromatic carbocycles. The van der Waals surface area contributed by atoms with Crippen molar-refractivity contribution in [2.75, 3.05) is 13.6 Å². The second-order valence-electron chi connectivity index (χ2n) is 3.05. The average molecular weight is 164 g/mol. The third-order valence-corrected chi connectivity index (χ3v) is 2.07. The highest BCUT2D eigenvalue weighted by molar-refractivity contribution is 5.92. The van der Waals surface area contributed by atoms with E-state index in [9.17, 15) is 4.79 Å². The summed E-state index contributed by atoms with van der Waals surface area (Å²) < 4.78 is 0. The molecule has 1 atom stereocenters. The molecule has 1 unspecified atom stereocenters. The smallest absolute Gasteiger partial charge is 0.175 e. The second kappa shape index (κ2) is 3.40. The first-order chi connectivity index (χ1) is 5.65. The molecule has 0 aromatic heterocycles. The lowest BCUT2D eigenvalue weighted by molar-refractivity contribution is -0.115. The largest absolute Gasteiger partial charge is 0.372 e. The molecular weight excluding hydrogens is 152 g/mol. The molecule has 0 aromatic rings.